The van der Waals surface area contributed by atoms with Crippen molar-refractivity contribution in [1.82, 2.24) is 5.32 Å². The lowest BCUT2D eigenvalue weighted by Gasteiger charge is -2.09. The van der Waals surface area contributed by atoms with Gasteiger partial charge in [-0.15, -0.1) is 0 Å². The van der Waals surface area contributed by atoms with E-state index in [0.717, 1.165) is 12.0 Å². The van der Waals surface area contributed by atoms with E-state index in [1.165, 1.54) is 25.3 Å². The lowest BCUT2D eigenvalue weighted by Crippen LogP contribution is -2.26. The number of hydrogen-bond acceptors (Lipinski definition) is 2. The van der Waals surface area contributed by atoms with E-state index >= 15 is 0 Å². The van der Waals surface area contributed by atoms with Gasteiger partial charge in [0.1, 0.15) is 11.6 Å². The minimum absolute atomic E-state index is 0.209. The average molecular weight is 273 g/mol. The second kappa shape index (κ2) is 6.70. The highest BCUT2D eigenvalue weighted by Gasteiger charge is 2.12. The maximum atomic E-state index is 13.2. The molecule has 0 fully saturated rings. The molecular weight excluding hydrogens is 257 g/mol. The molecule has 0 aromatic heterocycles. The first-order valence-electron chi connectivity index (χ1n) is 6.36. The lowest BCUT2D eigenvalue weighted by atomic mass is 10.1. The van der Waals surface area contributed by atoms with E-state index in [-0.39, 0.29) is 11.5 Å². The number of amides is 1. The van der Waals surface area contributed by atoms with Gasteiger partial charge in [-0.2, -0.15) is 0 Å². The van der Waals surface area contributed by atoms with Crippen LogP contribution < -0.4 is 10.1 Å². The molecule has 0 saturated heterocycles. The molecule has 0 aliphatic rings. The van der Waals surface area contributed by atoms with Crippen LogP contribution >= 0.6 is 0 Å². The average Bonchev–Trinajstić information content (AvgIpc) is 2.48. The molecule has 0 saturated carbocycles. The number of carbonyl (C=O) groups is 1. The Morgan fingerprint density at radius 1 is 1.20 bits per heavy atom. The Kier molecular flexibility index (Phi) is 4.71. The number of ether oxygens (including phenoxy) is 1. The SMILES string of the molecule is COc1ccc(F)cc1C(=O)NCCc1ccccc1. The van der Waals surface area contributed by atoms with Crippen LogP contribution in [0.15, 0.2) is 48.5 Å². The van der Waals surface area contributed by atoms with Crippen molar-refractivity contribution in [2.45, 2.75) is 6.42 Å². The van der Waals surface area contributed by atoms with Crippen LogP contribution in [0.25, 0.3) is 0 Å². The Bertz CT molecular complexity index is 584. The van der Waals surface area contributed by atoms with Crippen LogP contribution in [0.1, 0.15) is 15.9 Å². The van der Waals surface area contributed by atoms with Gasteiger partial charge in [0, 0.05) is 6.54 Å². The van der Waals surface area contributed by atoms with Crippen molar-refractivity contribution < 1.29 is 13.9 Å². The summed E-state index contributed by atoms with van der Waals surface area (Å²) in [6, 6.07) is 13.7. The lowest BCUT2D eigenvalue weighted by molar-refractivity contribution is 0.0950. The molecule has 0 spiro atoms. The van der Waals surface area contributed by atoms with E-state index in [2.05, 4.69) is 5.32 Å². The van der Waals surface area contributed by atoms with Crippen molar-refractivity contribution in [3.8, 4) is 5.75 Å². The van der Waals surface area contributed by atoms with E-state index in [1.54, 1.807) is 0 Å². The smallest absolute Gasteiger partial charge is 0.255 e. The van der Waals surface area contributed by atoms with Crippen molar-refractivity contribution in [2.24, 2.45) is 0 Å². The molecule has 2 aromatic rings. The van der Waals surface area contributed by atoms with Crippen molar-refractivity contribution in [3.05, 3.63) is 65.5 Å². The zero-order chi connectivity index (χ0) is 14.4. The first-order chi connectivity index (χ1) is 9.70. The van der Waals surface area contributed by atoms with Gasteiger partial charge in [-0.05, 0) is 30.2 Å². The van der Waals surface area contributed by atoms with Crippen LogP contribution in [0.5, 0.6) is 5.75 Å². The number of rotatable bonds is 5. The van der Waals surface area contributed by atoms with Gasteiger partial charge in [-0.3, -0.25) is 4.79 Å². The van der Waals surface area contributed by atoms with Crippen molar-refractivity contribution in [2.75, 3.05) is 13.7 Å². The number of halogens is 1. The normalized spacial score (nSPS) is 10.1. The van der Waals surface area contributed by atoms with E-state index in [0.29, 0.717) is 12.3 Å². The number of hydrogen-bond donors (Lipinski definition) is 1. The summed E-state index contributed by atoms with van der Waals surface area (Å²) in [5.74, 6) is -0.431. The molecule has 0 heterocycles. The summed E-state index contributed by atoms with van der Waals surface area (Å²) >= 11 is 0. The predicted octanol–water partition coefficient (Wildman–Crippen LogP) is 2.81. The fourth-order valence-corrected chi connectivity index (χ4v) is 1.92. The van der Waals surface area contributed by atoms with Gasteiger partial charge < -0.3 is 10.1 Å². The minimum Gasteiger partial charge on any atom is -0.496 e. The third kappa shape index (κ3) is 3.57. The summed E-state index contributed by atoms with van der Waals surface area (Å²) in [6.45, 7) is 0.489. The Morgan fingerprint density at radius 2 is 1.95 bits per heavy atom. The topological polar surface area (TPSA) is 38.3 Å². The molecule has 0 bridgehead atoms. The summed E-state index contributed by atoms with van der Waals surface area (Å²) in [7, 11) is 1.45. The first-order valence-corrected chi connectivity index (χ1v) is 6.36. The summed E-state index contributed by atoms with van der Waals surface area (Å²) in [5.41, 5.74) is 1.35. The molecule has 2 rings (SSSR count). The van der Waals surface area contributed by atoms with Crippen LogP contribution in [0, 0.1) is 5.82 Å². The first kappa shape index (κ1) is 14.1. The Morgan fingerprint density at radius 3 is 2.65 bits per heavy atom. The molecule has 0 radical (unpaired) electrons. The second-order valence-electron chi connectivity index (χ2n) is 4.34. The van der Waals surface area contributed by atoms with Gasteiger partial charge in [0.15, 0.2) is 0 Å². The molecule has 104 valence electrons. The maximum Gasteiger partial charge on any atom is 0.255 e. The van der Waals surface area contributed by atoms with Gasteiger partial charge in [0.25, 0.3) is 5.91 Å². The van der Waals surface area contributed by atoms with Gasteiger partial charge in [-0.1, -0.05) is 30.3 Å². The molecule has 0 aliphatic carbocycles. The van der Waals surface area contributed by atoms with Gasteiger partial charge in [0.2, 0.25) is 0 Å². The highest BCUT2D eigenvalue weighted by atomic mass is 19.1. The molecular formula is C16H16FNO2. The Balaban J connectivity index is 1.97. The number of nitrogens with one attached hydrogen (secondary N) is 1. The van der Waals surface area contributed by atoms with E-state index in [1.807, 2.05) is 30.3 Å². The standard InChI is InChI=1S/C16H16FNO2/c1-20-15-8-7-13(17)11-14(15)16(19)18-10-9-12-5-3-2-4-6-12/h2-8,11H,9-10H2,1H3,(H,18,19). The van der Waals surface area contributed by atoms with Crippen LogP contribution in [-0.2, 0) is 6.42 Å². The monoisotopic (exact) mass is 273 g/mol. The summed E-state index contributed by atoms with van der Waals surface area (Å²) in [4.78, 5) is 12.0. The summed E-state index contributed by atoms with van der Waals surface area (Å²) in [5, 5.41) is 2.76. The minimum atomic E-state index is -0.459. The zero-order valence-electron chi connectivity index (χ0n) is 11.2. The Hall–Kier alpha value is -2.36. The Labute approximate surface area is 117 Å². The largest absolute Gasteiger partial charge is 0.496 e. The van der Waals surface area contributed by atoms with Crippen molar-refractivity contribution >= 4 is 5.91 Å². The van der Waals surface area contributed by atoms with E-state index in [9.17, 15) is 9.18 Å². The van der Waals surface area contributed by atoms with Gasteiger partial charge in [0.05, 0.1) is 12.7 Å². The van der Waals surface area contributed by atoms with Crippen LogP contribution in [0.2, 0.25) is 0 Å². The fourth-order valence-electron chi connectivity index (χ4n) is 1.92. The van der Waals surface area contributed by atoms with E-state index in [4.69, 9.17) is 4.74 Å². The molecule has 1 N–H and O–H groups in total. The zero-order valence-corrected chi connectivity index (χ0v) is 11.2. The molecule has 1 amide bonds. The van der Waals surface area contributed by atoms with Crippen molar-refractivity contribution in [3.63, 3.8) is 0 Å². The van der Waals surface area contributed by atoms with Crippen molar-refractivity contribution in [1.29, 1.82) is 0 Å². The predicted molar refractivity (Wildman–Crippen MR) is 75.4 cm³/mol. The highest BCUT2D eigenvalue weighted by molar-refractivity contribution is 5.96. The van der Waals surface area contributed by atoms with E-state index < -0.39 is 5.82 Å². The van der Waals surface area contributed by atoms with Gasteiger partial charge in [-0.25, -0.2) is 4.39 Å². The molecule has 2 aromatic carbocycles. The molecule has 0 unspecified atom stereocenters. The molecule has 3 nitrogen and oxygen atoms in total. The highest BCUT2D eigenvalue weighted by Crippen LogP contribution is 2.18. The molecule has 4 heteroatoms. The molecule has 0 atom stereocenters. The third-order valence-corrected chi connectivity index (χ3v) is 2.95. The third-order valence-electron chi connectivity index (χ3n) is 2.95. The van der Waals surface area contributed by atoms with Crippen LogP contribution in [0.3, 0.4) is 0 Å². The van der Waals surface area contributed by atoms with Crippen LogP contribution in [0.4, 0.5) is 4.39 Å². The maximum absolute atomic E-state index is 13.2. The summed E-state index contributed by atoms with van der Waals surface area (Å²) in [6.07, 6.45) is 0.726. The number of methoxy groups -OCH3 is 1. The van der Waals surface area contributed by atoms with Crippen LogP contribution in [-0.4, -0.2) is 19.6 Å². The number of benzene rings is 2. The quantitative estimate of drug-likeness (QED) is 0.909. The second-order valence-corrected chi connectivity index (χ2v) is 4.34. The fraction of sp³-hybridized carbons (Fsp3) is 0.188. The summed E-state index contributed by atoms with van der Waals surface area (Å²) < 4.78 is 18.3. The molecule has 20 heavy (non-hydrogen) atoms. The van der Waals surface area contributed by atoms with Gasteiger partial charge >= 0.3 is 0 Å². The molecule has 0 aliphatic heterocycles. The number of carbonyl (C=O) groups excluding carboxylic acids is 1.